The number of Topliss-reactive ketones (excluding diaryl/α,β-unsaturated/α-hetero) is 3. The molecule has 0 rings (SSSR count). The van der Waals surface area contributed by atoms with Crippen molar-refractivity contribution >= 4 is 29.9 Å². The van der Waals surface area contributed by atoms with Gasteiger partial charge in [-0.15, -0.1) is 0 Å². The van der Waals surface area contributed by atoms with Gasteiger partial charge in [-0.1, -0.05) is 0 Å². The Balaban J connectivity index is 4.36. The van der Waals surface area contributed by atoms with Crippen LogP contribution in [0.4, 0.5) is 0 Å². The lowest BCUT2D eigenvalue weighted by Gasteiger charge is -1.80. The lowest BCUT2D eigenvalue weighted by atomic mass is 10.2. The minimum Gasteiger partial charge on any atom is -0.294 e. The van der Waals surface area contributed by atoms with Crippen LogP contribution in [0.1, 0.15) is 0 Å². The Morgan fingerprint density at radius 2 is 1.10 bits per heavy atom. The number of aldehydes is 2. The molecule has 0 aromatic carbocycles. The predicted octanol–water partition coefficient (Wildman–Crippen LogP) is -1.91. The van der Waals surface area contributed by atoms with E-state index in [1.165, 1.54) is 0 Å². The zero-order valence-electron chi connectivity index (χ0n) is 4.70. The second-order valence-corrected chi connectivity index (χ2v) is 1.29. The summed E-state index contributed by atoms with van der Waals surface area (Å²) in [6.07, 6.45) is -0.631. The van der Waals surface area contributed by atoms with Gasteiger partial charge in [0.1, 0.15) is 0 Å². The number of carbonyl (C=O) groups is 5. The molecule has 0 amide bonds. The minimum atomic E-state index is -1.59. The molecule has 0 N–H and O–H groups in total. The largest absolute Gasteiger partial charge is 0.294 e. The van der Waals surface area contributed by atoms with Gasteiger partial charge in [0.25, 0.3) is 17.3 Å². The first kappa shape index (κ1) is 8.35. The van der Waals surface area contributed by atoms with Crippen LogP contribution in [-0.2, 0) is 24.0 Å². The van der Waals surface area contributed by atoms with Crippen molar-refractivity contribution in [2.24, 2.45) is 0 Å². The van der Waals surface area contributed by atoms with Gasteiger partial charge in [-0.2, -0.15) is 0 Å². The fourth-order valence-electron chi connectivity index (χ4n) is 0.228. The molecule has 0 aromatic heterocycles. The molecule has 0 atom stereocenters. The summed E-state index contributed by atoms with van der Waals surface area (Å²) in [6.45, 7) is 0. The molecule has 0 aliphatic heterocycles. The highest BCUT2D eigenvalue weighted by Gasteiger charge is 2.20. The Morgan fingerprint density at radius 1 is 0.800 bits per heavy atom. The van der Waals surface area contributed by atoms with Crippen LogP contribution in [0, 0.1) is 0 Å². The third kappa shape index (κ3) is 1.70. The Hall–Kier alpha value is -1.65. The summed E-state index contributed by atoms with van der Waals surface area (Å²) in [5, 5.41) is 0. The molecule has 0 spiro atoms. The topological polar surface area (TPSA) is 85.3 Å². The van der Waals surface area contributed by atoms with Crippen LogP contribution >= 0.6 is 0 Å². The summed E-state index contributed by atoms with van der Waals surface area (Å²) >= 11 is 0. The first-order valence-corrected chi connectivity index (χ1v) is 2.16. The number of rotatable bonds is 4. The highest BCUT2D eigenvalue weighted by atomic mass is 16.2. The van der Waals surface area contributed by atoms with Gasteiger partial charge in [0.2, 0.25) is 0 Å². The summed E-state index contributed by atoms with van der Waals surface area (Å²) in [5.41, 5.74) is 0. The van der Waals surface area contributed by atoms with Gasteiger partial charge in [-0.25, -0.2) is 0 Å². The van der Waals surface area contributed by atoms with Crippen molar-refractivity contribution in [1.82, 2.24) is 0 Å². The van der Waals surface area contributed by atoms with E-state index in [0.29, 0.717) is 0 Å². The molecule has 0 radical (unpaired) electrons. The van der Waals surface area contributed by atoms with Crippen LogP contribution in [0.3, 0.4) is 0 Å². The van der Waals surface area contributed by atoms with Gasteiger partial charge < -0.3 is 0 Å². The first-order valence-electron chi connectivity index (χ1n) is 2.16. The molecule has 10 heavy (non-hydrogen) atoms. The van der Waals surface area contributed by atoms with Crippen molar-refractivity contribution < 1.29 is 24.0 Å². The smallest absolute Gasteiger partial charge is 0.279 e. The molecule has 0 fully saturated rings. The van der Waals surface area contributed by atoms with E-state index in [0.717, 1.165) is 0 Å². The molecule has 0 saturated heterocycles. The second-order valence-electron chi connectivity index (χ2n) is 1.29. The van der Waals surface area contributed by atoms with Crippen LogP contribution < -0.4 is 0 Å². The van der Waals surface area contributed by atoms with Crippen LogP contribution in [0.2, 0.25) is 0 Å². The van der Waals surface area contributed by atoms with Gasteiger partial charge >= 0.3 is 0 Å². The van der Waals surface area contributed by atoms with E-state index in [2.05, 4.69) is 0 Å². The van der Waals surface area contributed by atoms with E-state index in [4.69, 9.17) is 0 Å². The van der Waals surface area contributed by atoms with Crippen molar-refractivity contribution in [2.75, 3.05) is 0 Å². The molecule has 0 aromatic rings. The lowest BCUT2D eigenvalue weighted by molar-refractivity contribution is -0.147. The van der Waals surface area contributed by atoms with Crippen molar-refractivity contribution in [1.29, 1.82) is 0 Å². The molecule has 0 saturated carbocycles. The average molecular weight is 142 g/mol. The van der Waals surface area contributed by atoms with E-state index in [-0.39, 0.29) is 12.6 Å². The van der Waals surface area contributed by atoms with Crippen LogP contribution in [0.5, 0.6) is 0 Å². The molecule has 0 aliphatic rings. The van der Waals surface area contributed by atoms with E-state index < -0.39 is 17.3 Å². The fourth-order valence-corrected chi connectivity index (χ4v) is 0.228. The summed E-state index contributed by atoms with van der Waals surface area (Å²) in [6, 6.07) is 0. The quantitative estimate of drug-likeness (QED) is 0.260. The summed E-state index contributed by atoms with van der Waals surface area (Å²) in [4.78, 5) is 49.2. The minimum absolute atomic E-state index is 0.316. The van der Waals surface area contributed by atoms with E-state index in [9.17, 15) is 24.0 Å². The molecular formula is C5H2O5. The third-order valence-corrected chi connectivity index (χ3v) is 0.662. The Morgan fingerprint density at radius 3 is 1.30 bits per heavy atom. The monoisotopic (exact) mass is 142 g/mol. The maximum absolute atomic E-state index is 10.1. The zero-order chi connectivity index (χ0) is 8.15. The third-order valence-electron chi connectivity index (χ3n) is 0.662. The van der Waals surface area contributed by atoms with E-state index >= 15 is 0 Å². The standard InChI is InChI=1S/C5H2O5/c6-1-3(8)5(10)4(9)2-7/h1-2H. The van der Waals surface area contributed by atoms with Crippen molar-refractivity contribution in [3.8, 4) is 0 Å². The van der Waals surface area contributed by atoms with E-state index in [1.54, 1.807) is 0 Å². The van der Waals surface area contributed by atoms with Gasteiger partial charge in [0.05, 0.1) is 0 Å². The molecule has 52 valence electrons. The molecule has 0 unspecified atom stereocenters. The normalized spacial score (nSPS) is 8.00. The van der Waals surface area contributed by atoms with E-state index in [1.807, 2.05) is 0 Å². The number of hydrogen-bond acceptors (Lipinski definition) is 5. The van der Waals surface area contributed by atoms with Crippen LogP contribution in [-0.4, -0.2) is 29.9 Å². The molecule has 5 heteroatoms. The maximum Gasteiger partial charge on any atom is 0.279 e. The van der Waals surface area contributed by atoms with Crippen molar-refractivity contribution in [2.45, 2.75) is 0 Å². The van der Waals surface area contributed by atoms with Crippen molar-refractivity contribution in [3.63, 3.8) is 0 Å². The summed E-state index contributed by atoms with van der Waals surface area (Å²) in [7, 11) is 0. The lowest BCUT2D eigenvalue weighted by Crippen LogP contribution is -2.25. The average Bonchev–Trinajstić information content (AvgIpc) is 2.00. The first-order chi connectivity index (χ1) is 4.63. The van der Waals surface area contributed by atoms with Gasteiger partial charge in [-0.3, -0.25) is 24.0 Å². The molecule has 0 aliphatic carbocycles. The molecular weight excluding hydrogens is 140 g/mol. The number of ketones is 3. The Bertz CT molecular complexity index is 192. The number of hydrogen-bond donors (Lipinski definition) is 0. The predicted molar refractivity (Wildman–Crippen MR) is 27.1 cm³/mol. The highest BCUT2D eigenvalue weighted by molar-refractivity contribution is 6.82. The summed E-state index contributed by atoms with van der Waals surface area (Å²) < 4.78 is 0. The zero-order valence-corrected chi connectivity index (χ0v) is 4.70. The van der Waals surface area contributed by atoms with Crippen LogP contribution in [0.25, 0.3) is 0 Å². The van der Waals surface area contributed by atoms with Crippen molar-refractivity contribution in [3.05, 3.63) is 0 Å². The fraction of sp³-hybridized carbons (Fsp3) is 0. The van der Waals surface area contributed by atoms with Gasteiger partial charge in [-0.05, 0) is 0 Å². The Labute approximate surface area is 55.0 Å². The molecule has 0 bridgehead atoms. The highest BCUT2D eigenvalue weighted by Crippen LogP contribution is 1.73. The molecule has 0 heterocycles. The van der Waals surface area contributed by atoms with Gasteiger partial charge in [0.15, 0.2) is 12.6 Å². The number of carbonyl (C=O) groups excluding carboxylic acids is 5. The maximum atomic E-state index is 10.1. The van der Waals surface area contributed by atoms with Crippen LogP contribution in [0.15, 0.2) is 0 Å². The Kier molecular flexibility index (Phi) is 2.83. The second kappa shape index (κ2) is 3.39. The molecule has 5 nitrogen and oxygen atoms in total. The SMILES string of the molecule is O=CC(=O)C(=O)C(=O)C=O. The summed E-state index contributed by atoms with van der Waals surface area (Å²) in [5.74, 6) is -4.60. The van der Waals surface area contributed by atoms with Gasteiger partial charge in [0, 0.05) is 0 Å².